The van der Waals surface area contributed by atoms with Crippen LogP contribution >= 0.6 is 0 Å². The Morgan fingerprint density at radius 2 is 2.11 bits per heavy atom. The van der Waals surface area contributed by atoms with Crippen LogP contribution in [0.25, 0.3) is 0 Å². The lowest BCUT2D eigenvalue weighted by atomic mass is 10.0. The average Bonchev–Trinajstić information content (AvgIpc) is 3.07. The standard InChI is InChI=1S/C13H20N2O3/c1-3-7-14(10-4-5-10)13(18)15-8-6-9(2)11(15)12(16)17/h3,9-11H,1,4-8H2,2H3,(H,16,17). The van der Waals surface area contributed by atoms with Gasteiger partial charge in [0.05, 0.1) is 0 Å². The topological polar surface area (TPSA) is 60.9 Å². The summed E-state index contributed by atoms with van der Waals surface area (Å²) in [5.74, 6) is -0.876. The van der Waals surface area contributed by atoms with Crippen molar-refractivity contribution in [3.8, 4) is 0 Å². The number of carboxylic acid groups (broad SMARTS) is 1. The Hall–Kier alpha value is -1.52. The van der Waals surface area contributed by atoms with E-state index in [1.165, 1.54) is 4.90 Å². The molecule has 1 aliphatic heterocycles. The van der Waals surface area contributed by atoms with Crippen LogP contribution in [0.2, 0.25) is 0 Å². The van der Waals surface area contributed by atoms with Gasteiger partial charge in [0.25, 0.3) is 0 Å². The van der Waals surface area contributed by atoms with Gasteiger partial charge in [0.15, 0.2) is 0 Å². The zero-order chi connectivity index (χ0) is 13.3. The minimum Gasteiger partial charge on any atom is -0.480 e. The van der Waals surface area contributed by atoms with Crippen LogP contribution in [0.1, 0.15) is 26.2 Å². The lowest BCUT2D eigenvalue weighted by molar-refractivity contribution is -0.142. The number of urea groups is 1. The maximum atomic E-state index is 12.4. The summed E-state index contributed by atoms with van der Waals surface area (Å²) in [6, 6.07) is -0.543. The number of carbonyl (C=O) groups excluding carboxylic acids is 1. The average molecular weight is 252 g/mol. The second kappa shape index (κ2) is 5.00. The summed E-state index contributed by atoms with van der Waals surface area (Å²) in [5, 5.41) is 9.24. The first-order valence-corrected chi connectivity index (χ1v) is 6.47. The molecule has 2 amide bonds. The first-order chi connectivity index (χ1) is 8.56. The fraction of sp³-hybridized carbons (Fsp3) is 0.692. The zero-order valence-electron chi connectivity index (χ0n) is 10.7. The summed E-state index contributed by atoms with van der Waals surface area (Å²) < 4.78 is 0. The summed E-state index contributed by atoms with van der Waals surface area (Å²) in [6.07, 6.45) is 4.49. The number of nitrogens with zero attached hydrogens (tertiary/aromatic N) is 2. The van der Waals surface area contributed by atoms with E-state index in [9.17, 15) is 14.7 Å². The molecule has 100 valence electrons. The molecule has 5 nitrogen and oxygen atoms in total. The monoisotopic (exact) mass is 252 g/mol. The summed E-state index contributed by atoms with van der Waals surface area (Å²) >= 11 is 0. The van der Waals surface area contributed by atoms with E-state index in [1.807, 2.05) is 6.92 Å². The molecule has 2 fully saturated rings. The van der Waals surface area contributed by atoms with Crippen LogP contribution in [0.4, 0.5) is 4.79 Å². The molecular formula is C13H20N2O3. The maximum absolute atomic E-state index is 12.4. The van der Waals surface area contributed by atoms with Gasteiger partial charge in [0.1, 0.15) is 6.04 Å². The van der Waals surface area contributed by atoms with Gasteiger partial charge in [-0.1, -0.05) is 13.0 Å². The summed E-state index contributed by atoms with van der Waals surface area (Å²) in [7, 11) is 0. The van der Waals surface area contributed by atoms with Crippen LogP contribution in [0.3, 0.4) is 0 Å². The highest BCUT2D eigenvalue weighted by atomic mass is 16.4. The molecule has 1 heterocycles. The number of carboxylic acids is 1. The van der Waals surface area contributed by atoms with Gasteiger partial charge in [-0.3, -0.25) is 0 Å². The fourth-order valence-electron chi connectivity index (χ4n) is 2.61. The quantitative estimate of drug-likeness (QED) is 0.772. The van der Waals surface area contributed by atoms with Crippen molar-refractivity contribution in [3.05, 3.63) is 12.7 Å². The van der Waals surface area contributed by atoms with E-state index in [-0.39, 0.29) is 18.0 Å². The van der Waals surface area contributed by atoms with Crippen molar-refractivity contribution in [3.63, 3.8) is 0 Å². The van der Waals surface area contributed by atoms with Crippen molar-refractivity contribution in [2.24, 2.45) is 5.92 Å². The SMILES string of the molecule is C=CCN(C(=O)N1CCC(C)C1C(=O)O)C1CC1. The van der Waals surface area contributed by atoms with Crippen molar-refractivity contribution >= 4 is 12.0 Å². The Morgan fingerprint density at radius 3 is 2.61 bits per heavy atom. The molecule has 2 rings (SSSR count). The molecule has 0 aromatic rings. The third kappa shape index (κ3) is 2.35. The molecule has 0 bridgehead atoms. The van der Waals surface area contributed by atoms with Gasteiger partial charge in [-0.05, 0) is 25.2 Å². The van der Waals surface area contributed by atoms with Crippen molar-refractivity contribution in [2.45, 2.75) is 38.3 Å². The molecule has 18 heavy (non-hydrogen) atoms. The predicted octanol–water partition coefficient (Wildman–Crippen LogP) is 1.55. The maximum Gasteiger partial charge on any atom is 0.326 e. The third-order valence-corrected chi connectivity index (χ3v) is 3.76. The van der Waals surface area contributed by atoms with Crippen LogP contribution in [0, 0.1) is 5.92 Å². The second-order valence-corrected chi connectivity index (χ2v) is 5.20. The van der Waals surface area contributed by atoms with E-state index >= 15 is 0 Å². The number of hydrogen-bond acceptors (Lipinski definition) is 2. The van der Waals surface area contributed by atoms with E-state index in [0.717, 1.165) is 19.3 Å². The molecule has 2 aliphatic rings. The van der Waals surface area contributed by atoms with Crippen molar-refractivity contribution < 1.29 is 14.7 Å². The molecule has 0 aromatic carbocycles. The largest absolute Gasteiger partial charge is 0.480 e. The first kappa shape index (κ1) is 12.9. The van der Waals surface area contributed by atoms with Gasteiger partial charge >= 0.3 is 12.0 Å². The van der Waals surface area contributed by atoms with Crippen LogP contribution in [0.15, 0.2) is 12.7 Å². The van der Waals surface area contributed by atoms with Crippen LogP contribution in [-0.4, -0.2) is 52.1 Å². The predicted molar refractivity (Wildman–Crippen MR) is 67.2 cm³/mol. The Bertz CT molecular complexity index is 365. The number of rotatable bonds is 4. The molecule has 0 spiro atoms. The van der Waals surface area contributed by atoms with E-state index < -0.39 is 12.0 Å². The number of likely N-dealkylation sites (tertiary alicyclic amines) is 1. The van der Waals surface area contributed by atoms with Crippen molar-refractivity contribution in [1.29, 1.82) is 0 Å². The molecule has 1 saturated carbocycles. The highest BCUT2D eigenvalue weighted by Gasteiger charge is 2.43. The third-order valence-electron chi connectivity index (χ3n) is 3.76. The van der Waals surface area contributed by atoms with Crippen LogP contribution in [-0.2, 0) is 4.79 Å². The Labute approximate surface area is 107 Å². The molecule has 1 N–H and O–H groups in total. The Morgan fingerprint density at radius 1 is 1.44 bits per heavy atom. The van der Waals surface area contributed by atoms with Gasteiger partial charge in [0.2, 0.25) is 0 Å². The van der Waals surface area contributed by atoms with Gasteiger partial charge in [-0.15, -0.1) is 6.58 Å². The minimum atomic E-state index is -0.900. The van der Waals surface area contributed by atoms with E-state index in [1.54, 1.807) is 11.0 Å². The summed E-state index contributed by atoms with van der Waals surface area (Å²) in [5.41, 5.74) is 0. The van der Waals surface area contributed by atoms with Gasteiger partial charge in [0, 0.05) is 19.1 Å². The van der Waals surface area contributed by atoms with E-state index in [0.29, 0.717) is 13.1 Å². The van der Waals surface area contributed by atoms with Crippen molar-refractivity contribution in [1.82, 2.24) is 9.80 Å². The summed E-state index contributed by atoms with van der Waals surface area (Å²) in [4.78, 5) is 26.9. The zero-order valence-corrected chi connectivity index (χ0v) is 10.7. The van der Waals surface area contributed by atoms with Crippen LogP contribution < -0.4 is 0 Å². The van der Waals surface area contributed by atoms with Gasteiger partial charge in [-0.25, -0.2) is 9.59 Å². The smallest absolute Gasteiger partial charge is 0.326 e. The molecule has 5 heteroatoms. The lowest BCUT2D eigenvalue weighted by Crippen LogP contribution is -2.50. The summed E-state index contributed by atoms with van der Waals surface area (Å²) in [6.45, 7) is 6.59. The number of aliphatic carboxylic acids is 1. The normalized spacial score (nSPS) is 27.1. The lowest BCUT2D eigenvalue weighted by Gasteiger charge is -2.30. The van der Waals surface area contributed by atoms with Gasteiger partial charge in [-0.2, -0.15) is 0 Å². The van der Waals surface area contributed by atoms with E-state index in [2.05, 4.69) is 6.58 Å². The molecule has 0 aromatic heterocycles. The number of hydrogen-bond donors (Lipinski definition) is 1. The Kier molecular flexibility index (Phi) is 3.59. The van der Waals surface area contributed by atoms with Crippen molar-refractivity contribution in [2.75, 3.05) is 13.1 Å². The molecule has 0 radical (unpaired) electrons. The Balaban J connectivity index is 2.11. The highest BCUT2D eigenvalue weighted by molar-refractivity contribution is 5.84. The second-order valence-electron chi connectivity index (χ2n) is 5.20. The highest BCUT2D eigenvalue weighted by Crippen LogP contribution is 2.31. The molecule has 1 aliphatic carbocycles. The minimum absolute atomic E-state index is 0.0243. The first-order valence-electron chi connectivity index (χ1n) is 6.47. The van der Waals surface area contributed by atoms with Crippen LogP contribution in [0.5, 0.6) is 0 Å². The molecule has 1 saturated heterocycles. The van der Waals surface area contributed by atoms with Gasteiger partial charge < -0.3 is 14.9 Å². The molecule has 2 unspecified atom stereocenters. The molecule has 2 atom stereocenters. The number of carbonyl (C=O) groups is 2. The fourth-order valence-corrected chi connectivity index (χ4v) is 2.61. The number of amides is 2. The van der Waals surface area contributed by atoms with E-state index in [4.69, 9.17) is 0 Å². The molecular weight excluding hydrogens is 232 g/mol.